The van der Waals surface area contributed by atoms with Gasteiger partial charge in [-0.15, -0.1) is 0 Å². The number of hydrogen-bond acceptors (Lipinski definition) is 5. The summed E-state index contributed by atoms with van der Waals surface area (Å²) in [5.74, 6) is 1.71. The Hall–Kier alpha value is -4.00. The number of aromatic nitrogens is 2. The summed E-state index contributed by atoms with van der Waals surface area (Å²) in [5, 5.41) is 4.26. The smallest absolute Gasteiger partial charge is 0.250 e. The number of hydrogen-bond donors (Lipinski definition) is 1. The van der Waals surface area contributed by atoms with Crippen LogP contribution in [0.5, 0.6) is 11.5 Å². The van der Waals surface area contributed by atoms with Gasteiger partial charge in [0.15, 0.2) is 5.76 Å². The van der Waals surface area contributed by atoms with Crippen LogP contribution in [0.1, 0.15) is 21.6 Å². The molecule has 0 saturated carbocycles. The normalized spacial score (nSPS) is 10.8. The minimum Gasteiger partial charge on any atom is -0.497 e. The molecule has 164 valence electrons. The van der Waals surface area contributed by atoms with Crippen LogP contribution in [0.15, 0.2) is 65.2 Å². The monoisotopic (exact) mass is 431 g/mol. The number of ether oxygens (including phenoxy) is 2. The summed E-state index contributed by atoms with van der Waals surface area (Å²) >= 11 is 0. The minimum absolute atomic E-state index is 0.460. The number of benzene rings is 2. The fourth-order valence-corrected chi connectivity index (χ4v) is 3.84. The van der Waals surface area contributed by atoms with Crippen molar-refractivity contribution in [2.75, 3.05) is 14.2 Å². The summed E-state index contributed by atoms with van der Waals surface area (Å²) in [6, 6.07) is 19.1. The van der Waals surface area contributed by atoms with Crippen LogP contribution in [0.25, 0.3) is 22.7 Å². The molecule has 0 spiro atoms. The summed E-state index contributed by atoms with van der Waals surface area (Å²) in [6.45, 7) is 2.47. The van der Waals surface area contributed by atoms with Crippen molar-refractivity contribution < 1.29 is 18.8 Å². The Bertz CT molecular complexity index is 1240. The van der Waals surface area contributed by atoms with Crippen LogP contribution in [0.4, 0.5) is 0 Å². The number of rotatable bonds is 8. The molecule has 0 radical (unpaired) electrons. The Morgan fingerprint density at radius 3 is 2.53 bits per heavy atom. The maximum absolute atomic E-state index is 12.0. The van der Waals surface area contributed by atoms with E-state index in [0.29, 0.717) is 30.0 Å². The summed E-state index contributed by atoms with van der Waals surface area (Å²) in [5.41, 5.74) is 10.2. The summed E-state index contributed by atoms with van der Waals surface area (Å²) < 4.78 is 18.5. The first-order valence-corrected chi connectivity index (χ1v) is 10.2. The molecule has 2 N–H and O–H groups in total. The van der Waals surface area contributed by atoms with Gasteiger partial charge in [0.1, 0.15) is 17.2 Å². The predicted octanol–water partition coefficient (Wildman–Crippen LogP) is 4.48. The number of nitrogens with two attached hydrogens (primary N) is 1. The van der Waals surface area contributed by atoms with Crippen LogP contribution < -0.4 is 15.2 Å². The van der Waals surface area contributed by atoms with Crippen molar-refractivity contribution in [1.29, 1.82) is 0 Å². The van der Waals surface area contributed by atoms with Crippen molar-refractivity contribution >= 4 is 5.91 Å². The van der Waals surface area contributed by atoms with Crippen molar-refractivity contribution in [2.24, 2.45) is 5.73 Å². The maximum Gasteiger partial charge on any atom is 0.250 e. The second kappa shape index (κ2) is 9.01. The molecule has 1 amide bonds. The lowest BCUT2D eigenvalue weighted by Crippen LogP contribution is -2.13. The van der Waals surface area contributed by atoms with Gasteiger partial charge in [0.05, 0.1) is 25.5 Å². The van der Waals surface area contributed by atoms with E-state index < -0.39 is 5.91 Å². The lowest BCUT2D eigenvalue weighted by atomic mass is 10.1. The summed E-state index contributed by atoms with van der Waals surface area (Å²) in [4.78, 5) is 12.0. The average Bonchev–Trinajstić information content (AvgIpc) is 3.43. The van der Waals surface area contributed by atoms with Crippen molar-refractivity contribution in [2.45, 2.75) is 19.9 Å². The van der Waals surface area contributed by atoms with Gasteiger partial charge in [0.25, 0.3) is 5.91 Å². The van der Waals surface area contributed by atoms with Gasteiger partial charge in [0.2, 0.25) is 0 Å². The van der Waals surface area contributed by atoms with Gasteiger partial charge in [-0.05, 0) is 43.2 Å². The van der Waals surface area contributed by atoms with Crippen LogP contribution in [0, 0.1) is 6.92 Å². The Kier molecular flexibility index (Phi) is 5.98. The van der Waals surface area contributed by atoms with E-state index in [0.717, 1.165) is 34.0 Å². The molecule has 7 nitrogen and oxygen atoms in total. The molecule has 0 aliphatic carbocycles. The zero-order valence-electron chi connectivity index (χ0n) is 18.3. The topological polar surface area (TPSA) is 92.5 Å². The minimum atomic E-state index is -0.478. The number of nitrogens with zero attached hydrogens (tertiary/aromatic N) is 2. The Balaban J connectivity index is 1.70. The molecular formula is C25H25N3O4. The number of amides is 1. The van der Waals surface area contributed by atoms with Gasteiger partial charge in [-0.1, -0.05) is 35.5 Å². The molecule has 0 aliphatic heterocycles. The molecule has 2 heterocycles. The molecule has 0 atom stereocenters. The van der Waals surface area contributed by atoms with Crippen LogP contribution >= 0.6 is 0 Å². The number of primary amides is 1. The van der Waals surface area contributed by atoms with Gasteiger partial charge >= 0.3 is 0 Å². The molecule has 4 rings (SSSR count). The zero-order chi connectivity index (χ0) is 22.7. The summed E-state index contributed by atoms with van der Waals surface area (Å²) in [6.07, 6.45) is 0.657. The molecule has 7 heteroatoms. The largest absolute Gasteiger partial charge is 0.497 e. The standard InChI is InChI=1S/C25H25N3O4/c1-16-20(25(26)29)14-22(21-15-24(32-27-21)17-7-5-4-6-8-17)28(16)12-11-18-13-19(30-2)9-10-23(18)31-3/h4-10,13-15H,11-12H2,1-3H3,(H2,26,29). The predicted molar refractivity (Wildman–Crippen MR) is 122 cm³/mol. The highest BCUT2D eigenvalue weighted by molar-refractivity contribution is 5.95. The van der Waals surface area contributed by atoms with E-state index in [4.69, 9.17) is 19.7 Å². The van der Waals surface area contributed by atoms with Crippen LogP contribution in [0.3, 0.4) is 0 Å². The highest BCUT2D eigenvalue weighted by Gasteiger charge is 2.20. The molecule has 0 fully saturated rings. The quantitative estimate of drug-likeness (QED) is 0.444. The number of carbonyl (C=O) groups is 1. The van der Waals surface area contributed by atoms with Gasteiger partial charge in [-0.25, -0.2) is 0 Å². The van der Waals surface area contributed by atoms with E-state index in [-0.39, 0.29) is 0 Å². The number of carbonyl (C=O) groups excluding carboxylic acids is 1. The van der Waals surface area contributed by atoms with Crippen molar-refractivity contribution in [3.8, 4) is 34.2 Å². The number of methoxy groups -OCH3 is 2. The fourth-order valence-electron chi connectivity index (χ4n) is 3.84. The third kappa shape index (κ3) is 4.09. The van der Waals surface area contributed by atoms with Gasteiger partial charge < -0.3 is 24.3 Å². The zero-order valence-corrected chi connectivity index (χ0v) is 18.3. The molecular weight excluding hydrogens is 406 g/mol. The van der Waals surface area contributed by atoms with E-state index in [1.165, 1.54) is 0 Å². The molecule has 0 aliphatic rings. The molecule has 2 aromatic heterocycles. The van der Waals surface area contributed by atoms with Crippen molar-refractivity contribution in [3.05, 3.63) is 77.5 Å². The first kappa shape index (κ1) is 21.2. The Morgan fingerprint density at radius 1 is 1.06 bits per heavy atom. The van der Waals surface area contributed by atoms with Gasteiger partial charge in [0, 0.05) is 23.9 Å². The molecule has 2 aromatic carbocycles. The van der Waals surface area contributed by atoms with Crippen LogP contribution in [-0.4, -0.2) is 29.9 Å². The van der Waals surface area contributed by atoms with E-state index in [2.05, 4.69) is 5.16 Å². The maximum atomic E-state index is 12.0. The highest BCUT2D eigenvalue weighted by atomic mass is 16.5. The van der Waals surface area contributed by atoms with E-state index in [1.54, 1.807) is 20.3 Å². The van der Waals surface area contributed by atoms with Gasteiger partial charge in [-0.3, -0.25) is 4.79 Å². The lowest BCUT2D eigenvalue weighted by molar-refractivity contribution is 0.0999. The van der Waals surface area contributed by atoms with E-state index >= 15 is 0 Å². The second-order valence-electron chi connectivity index (χ2n) is 7.41. The van der Waals surface area contributed by atoms with E-state index in [9.17, 15) is 4.79 Å². The third-order valence-corrected chi connectivity index (χ3v) is 5.56. The first-order chi connectivity index (χ1) is 15.5. The third-order valence-electron chi connectivity index (χ3n) is 5.56. The van der Waals surface area contributed by atoms with Crippen LogP contribution in [-0.2, 0) is 13.0 Å². The Morgan fingerprint density at radius 2 is 1.84 bits per heavy atom. The van der Waals surface area contributed by atoms with Gasteiger partial charge in [-0.2, -0.15) is 0 Å². The lowest BCUT2D eigenvalue weighted by Gasteiger charge is -2.14. The molecule has 0 saturated heterocycles. The summed E-state index contributed by atoms with van der Waals surface area (Å²) in [7, 11) is 3.27. The number of aryl methyl sites for hydroxylation is 1. The molecule has 4 aromatic rings. The first-order valence-electron chi connectivity index (χ1n) is 10.2. The molecule has 0 bridgehead atoms. The van der Waals surface area contributed by atoms with Crippen molar-refractivity contribution in [1.82, 2.24) is 9.72 Å². The molecule has 32 heavy (non-hydrogen) atoms. The molecule has 0 unspecified atom stereocenters. The second-order valence-corrected chi connectivity index (χ2v) is 7.41. The van der Waals surface area contributed by atoms with E-state index in [1.807, 2.05) is 66.1 Å². The van der Waals surface area contributed by atoms with Crippen LogP contribution in [0.2, 0.25) is 0 Å². The average molecular weight is 431 g/mol. The fraction of sp³-hybridized carbons (Fsp3) is 0.200. The Labute approximate surface area is 186 Å². The highest BCUT2D eigenvalue weighted by Crippen LogP contribution is 2.31. The SMILES string of the molecule is COc1ccc(OC)c(CCn2c(-c3cc(-c4ccccc4)on3)cc(C(N)=O)c2C)c1. The van der Waals surface area contributed by atoms with Crippen molar-refractivity contribution in [3.63, 3.8) is 0 Å².